The van der Waals surface area contributed by atoms with Crippen LogP contribution in [0.2, 0.25) is 22.7 Å². The topological polar surface area (TPSA) is 36.9 Å². The maximum absolute atomic E-state index is 15.7. The molecule has 0 amide bonds. The maximum Gasteiger partial charge on any atom is 0.495 e. The fraction of sp³-hybridized carbons (Fsp3) is 0.655. The minimum atomic E-state index is -1.71. The zero-order chi connectivity index (χ0) is 27.1. The highest BCUT2D eigenvalue weighted by Gasteiger charge is 2.52. The molecule has 2 aromatic carbocycles. The number of aryl methyl sites for hydroxylation is 1. The van der Waals surface area contributed by atoms with Crippen molar-refractivity contribution in [3.05, 3.63) is 35.6 Å². The molecule has 0 saturated carbocycles. The SMILES string of the molecule is COCOc1cc(B2OC(C)(C)C(C)(C)O2)c2c(CC[Si](C(C)C)(C(C)C)C(C)C)c(F)ccc2c1. The second-order valence-electron chi connectivity index (χ2n) is 12.4. The molecule has 0 radical (unpaired) electrons. The van der Waals surface area contributed by atoms with E-state index in [4.69, 9.17) is 18.8 Å². The van der Waals surface area contributed by atoms with E-state index in [1.165, 1.54) is 0 Å². The quantitative estimate of drug-likeness (QED) is 0.242. The highest BCUT2D eigenvalue weighted by atomic mass is 28.3. The number of methoxy groups -OCH3 is 1. The number of rotatable bonds is 10. The summed E-state index contributed by atoms with van der Waals surface area (Å²) < 4.78 is 39.5. The van der Waals surface area contributed by atoms with Gasteiger partial charge in [0.1, 0.15) is 11.6 Å². The van der Waals surface area contributed by atoms with Gasteiger partial charge in [-0.3, -0.25) is 0 Å². The Kier molecular flexibility index (Phi) is 8.71. The van der Waals surface area contributed by atoms with Crippen molar-refractivity contribution in [2.24, 2.45) is 0 Å². The number of halogens is 1. The molecule has 0 aliphatic carbocycles. The van der Waals surface area contributed by atoms with Gasteiger partial charge in [0.05, 0.1) is 19.3 Å². The summed E-state index contributed by atoms with van der Waals surface area (Å²) in [7, 11) is -0.738. The molecule has 1 saturated heterocycles. The average Bonchev–Trinajstić information content (AvgIpc) is 2.99. The van der Waals surface area contributed by atoms with E-state index in [0.29, 0.717) is 28.8 Å². The molecule has 2 aromatic rings. The van der Waals surface area contributed by atoms with E-state index in [1.807, 2.05) is 45.9 Å². The third-order valence-electron chi connectivity index (χ3n) is 9.06. The fourth-order valence-electron chi connectivity index (χ4n) is 6.34. The van der Waals surface area contributed by atoms with Crippen LogP contribution in [0, 0.1) is 5.82 Å². The van der Waals surface area contributed by atoms with E-state index in [2.05, 4.69) is 41.5 Å². The third kappa shape index (κ3) is 5.27. The van der Waals surface area contributed by atoms with Crippen LogP contribution in [0.15, 0.2) is 24.3 Å². The van der Waals surface area contributed by atoms with Gasteiger partial charge in [-0.25, -0.2) is 4.39 Å². The Hall–Kier alpha value is -1.41. The molecule has 0 N–H and O–H groups in total. The van der Waals surface area contributed by atoms with Gasteiger partial charge in [0.25, 0.3) is 0 Å². The van der Waals surface area contributed by atoms with Crippen LogP contribution in [-0.4, -0.2) is 40.3 Å². The standard InChI is InChI=1S/C29H46BFO4Si/c1-19(2)36(20(3)4,21(5)6)15-14-24-26(31)13-12-22-16-23(33-18-32-11)17-25(27(22)24)30-34-28(7,8)29(9,10)35-30/h12-13,16-17,19-21H,14-15,18H2,1-11H3. The van der Waals surface area contributed by atoms with Crippen LogP contribution in [0.5, 0.6) is 5.75 Å². The van der Waals surface area contributed by atoms with Crippen LogP contribution in [0.4, 0.5) is 4.39 Å². The molecule has 0 bridgehead atoms. The summed E-state index contributed by atoms with van der Waals surface area (Å²) in [6.45, 7) is 22.5. The molecule has 0 spiro atoms. The van der Waals surface area contributed by atoms with Crippen LogP contribution < -0.4 is 10.2 Å². The number of benzene rings is 2. The summed E-state index contributed by atoms with van der Waals surface area (Å²) in [4.78, 5) is 0. The van der Waals surface area contributed by atoms with Gasteiger partial charge >= 0.3 is 7.12 Å². The monoisotopic (exact) mass is 516 g/mol. The predicted octanol–water partition coefficient (Wildman–Crippen LogP) is 7.48. The van der Waals surface area contributed by atoms with Crippen molar-refractivity contribution in [1.82, 2.24) is 0 Å². The molecule has 1 heterocycles. The minimum absolute atomic E-state index is 0.133. The van der Waals surface area contributed by atoms with Crippen molar-refractivity contribution in [3.8, 4) is 5.75 Å². The molecule has 0 unspecified atom stereocenters. The van der Waals surface area contributed by atoms with Gasteiger partial charge in [-0.2, -0.15) is 0 Å². The van der Waals surface area contributed by atoms with E-state index in [-0.39, 0.29) is 12.6 Å². The molecule has 3 rings (SSSR count). The smallest absolute Gasteiger partial charge is 0.468 e. The average molecular weight is 517 g/mol. The Balaban J connectivity index is 2.18. The summed E-state index contributed by atoms with van der Waals surface area (Å²) in [6, 6.07) is 8.37. The molecule has 4 nitrogen and oxygen atoms in total. The van der Waals surface area contributed by atoms with Crippen molar-refractivity contribution < 1.29 is 23.2 Å². The molecular formula is C29H46BFO4Si. The normalized spacial score (nSPS) is 17.7. The van der Waals surface area contributed by atoms with Gasteiger partial charge in [0, 0.05) is 7.11 Å². The van der Waals surface area contributed by atoms with Crippen molar-refractivity contribution in [3.63, 3.8) is 0 Å². The lowest BCUT2D eigenvalue weighted by molar-refractivity contribution is 0.00578. The summed E-state index contributed by atoms with van der Waals surface area (Å²) in [5.74, 6) is 0.492. The Morgan fingerprint density at radius 2 is 1.47 bits per heavy atom. The van der Waals surface area contributed by atoms with Crippen LogP contribution in [0.3, 0.4) is 0 Å². The first-order valence-corrected chi connectivity index (χ1v) is 15.8. The Morgan fingerprint density at radius 3 is 1.97 bits per heavy atom. The van der Waals surface area contributed by atoms with E-state index < -0.39 is 26.4 Å². The van der Waals surface area contributed by atoms with Crippen molar-refractivity contribution in [2.75, 3.05) is 13.9 Å². The van der Waals surface area contributed by atoms with E-state index in [0.717, 1.165) is 27.8 Å². The second kappa shape index (κ2) is 10.8. The lowest BCUT2D eigenvalue weighted by Crippen LogP contribution is -2.44. The van der Waals surface area contributed by atoms with Crippen LogP contribution in [0.25, 0.3) is 10.8 Å². The predicted molar refractivity (Wildman–Crippen MR) is 152 cm³/mol. The molecule has 200 valence electrons. The fourth-order valence-corrected chi connectivity index (χ4v) is 12.8. The van der Waals surface area contributed by atoms with Gasteiger partial charge < -0.3 is 18.8 Å². The van der Waals surface area contributed by atoms with Crippen molar-refractivity contribution in [1.29, 1.82) is 0 Å². The molecule has 1 fully saturated rings. The van der Waals surface area contributed by atoms with Crippen molar-refractivity contribution >= 4 is 31.4 Å². The zero-order valence-corrected chi connectivity index (χ0v) is 25.3. The van der Waals surface area contributed by atoms with Gasteiger partial charge in [-0.05, 0) is 74.1 Å². The molecule has 0 aromatic heterocycles. The lowest BCUT2D eigenvalue weighted by atomic mass is 9.74. The largest absolute Gasteiger partial charge is 0.495 e. The third-order valence-corrected chi connectivity index (χ3v) is 16.6. The van der Waals surface area contributed by atoms with E-state index in [9.17, 15) is 0 Å². The highest BCUT2D eigenvalue weighted by Crippen LogP contribution is 2.46. The highest BCUT2D eigenvalue weighted by molar-refractivity contribution is 6.83. The van der Waals surface area contributed by atoms with Crippen LogP contribution in [0.1, 0.15) is 74.8 Å². The number of fused-ring (bicyclic) bond motifs is 1. The zero-order valence-electron chi connectivity index (χ0n) is 24.3. The minimum Gasteiger partial charge on any atom is -0.468 e. The Labute approximate surface area is 219 Å². The summed E-state index contributed by atoms with van der Waals surface area (Å²) >= 11 is 0. The molecule has 7 heteroatoms. The van der Waals surface area contributed by atoms with Gasteiger partial charge in [-0.15, -0.1) is 0 Å². The maximum atomic E-state index is 15.7. The van der Waals surface area contributed by atoms with Gasteiger partial charge in [0.15, 0.2) is 6.79 Å². The second-order valence-corrected chi connectivity index (χ2v) is 18.5. The molecule has 1 aliphatic rings. The lowest BCUT2D eigenvalue weighted by Gasteiger charge is -2.43. The number of hydrogen-bond acceptors (Lipinski definition) is 4. The summed E-state index contributed by atoms with van der Waals surface area (Å²) in [5, 5.41) is 1.81. The molecule has 1 aliphatic heterocycles. The van der Waals surface area contributed by atoms with Crippen LogP contribution in [-0.2, 0) is 20.5 Å². The first-order chi connectivity index (χ1) is 16.7. The summed E-state index contributed by atoms with van der Waals surface area (Å²) in [5.41, 5.74) is 2.42. The Bertz CT molecular complexity index is 1030. The summed E-state index contributed by atoms with van der Waals surface area (Å²) in [6.07, 6.45) is 0.703. The Morgan fingerprint density at radius 1 is 0.917 bits per heavy atom. The van der Waals surface area contributed by atoms with Gasteiger partial charge in [0.2, 0.25) is 0 Å². The van der Waals surface area contributed by atoms with Crippen LogP contribution >= 0.6 is 0 Å². The molecule has 36 heavy (non-hydrogen) atoms. The number of hydrogen-bond donors (Lipinski definition) is 0. The van der Waals surface area contributed by atoms with E-state index in [1.54, 1.807) is 13.2 Å². The van der Waals surface area contributed by atoms with Gasteiger partial charge in [-0.1, -0.05) is 70.3 Å². The molecular weight excluding hydrogens is 470 g/mol. The van der Waals surface area contributed by atoms with Crippen molar-refractivity contribution in [2.45, 2.75) is 110 Å². The molecule has 0 atom stereocenters. The first-order valence-electron chi connectivity index (χ1n) is 13.4. The first kappa shape index (κ1) is 29.2. The number of ether oxygens (including phenoxy) is 2. The van der Waals surface area contributed by atoms with E-state index >= 15 is 4.39 Å².